The molecule has 0 unspecified atom stereocenters. The van der Waals surface area contributed by atoms with E-state index in [1.807, 2.05) is 35.0 Å². The monoisotopic (exact) mass is 338 g/mol. The Morgan fingerprint density at radius 1 is 1.25 bits per heavy atom. The molecule has 1 aromatic carbocycles. The van der Waals surface area contributed by atoms with Gasteiger partial charge in [0.1, 0.15) is 5.75 Å². The molecule has 7 heteroatoms. The lowest BCUT2D eigenvalue weighted by molar-refractivity contribution is -0.115. The van der Waals surface area contributed by atoms with Gasteiger partial charge in [0, 0.05) is 33.8 Å². The van der Waals surface area contributed by atoms with Crippen LogP contribution < -0.4 is 15.4 Å². The number of nitrogens with zero attached hydrogens (tertiary/aromatic N) is 2. The molecule has 2 aromatic heterocycles. The van der Waals surface area contributed by atoms with Gasteiger partial charge in [0.05, 0.1) is 24.9 Å². The highest BCUT2D eigenvalue weighted by atomic mass is 32.1. The average Bonchev–Trinajstić information content (AvgIpc) is 3.00. The van der Waals surface area contributed by atoms with E-state index < -0.39 is 0 Å². The van der Waals surface area contributed by atoms with E-state index >= 15 is 0 Å². The van der Waals surface area contributed by atoms with Crippen molar-refractivity contribution in [2.45, 2.75) is 6.42 Å². The smallest absolute Gasteiger partial charge is 0.228 e. The Morgan fingerprint density at radius 2 is 2.08 bits per heavy atom. The SMILES string of the molecule is COc1ccc(Nc2ncc3c(n2)-c2cscc2NC(=O)C3)cc1. The second kappa shape index (κ2) is 5.93. The van der Waals surface area contributed by atoms with Gasteiger partial charge >= 0.3 is 0 Å². The number of ether oxygens (including phenoxy) is 1. The Labute approximate surface area is 142 Å². The lowest BCUT2D eigenvalue weighted by Crippen LogP contribution is -2.12. The molecule has 24 heavy (non-hydrogen) atoms. The van der Waals surface area contributed by atoms with Crippen molar-refractivity contribution < 1.29 is 9.53 Å². The predicted octanol–water partition coefficient (Wildman–Crippen LogP) is 3.45. The maximum absolute atomic E-state index is 12.0. The summed E-state index contributed by atoms with van der Waals surface area (Å²) < 4.78 is 5.15. The van der Waals surface area contributed by atoms with Crippen LogP contribution in [0, 0.1) is 0 Å². The molecule has 4 rings (SSSR count). The molecule has 0 spiro atoms. The van der Waals surface area contributed by atoms with Crippen LogP contribution in [-0.2, 0) is 11.2 Å². The number of carbonyl (C=O) groups is 1. The second-order valence-electron chi connectivity index (χ2n) is 5.35. The third-order valence-electron chi connectivity index (χ3n) is 3.75. The molecule has 1 aliphatic heterocycles. The Bertz CT molecular complexity index is 905. The average molecular weight is 338 g/mol. The van der Waals surface area contributed by atoms with Crippen LogP contribution in [0.3, 0.4) is 0 Å². The number of anilines is 3. The number of aromatic nitrogens is 2. The molecule has 2 N–H and O–H groups in total. The molecule has 3 heterocycles. The van der Waals surface area contributed by atoms with Gasteiger partial charge in [-0.25, -0.2) is 9.97 Å². The van der Waals surface area contributed by atoms with Crippen LogP contribution in [0.4, 0.5) is 17.3 Å². The number of fused-ring (bicyclic) bond motifs is 3. The minimum absolute atomic E-state index is 0.0483. The maximum Gasteiger partial charge on any atom is 0.228 e. The largest absolute Gasteiger partial charge is 0.497 e. The Balaban J connectivity index is 1.69. The molecule has 0 radical (unpaired) electrons. The molecule has 1 aliphatic rings. The minimum Gasteiger partial charge on any atom is -0.497 e. The van der Waals surface area contributed by atoms with Crippen molar-refractivity contribution in [1.29, 1.82) is 0 Å². The van der Waals surface area contributed by atoms with Gasteiger partial charge < -0.3 is 15.4 Å². The quantitative estimate of drug-likeness (QED) is 0.765. The van der Waals surface area contributed by atoms with Gasteiger partial charge in [-0.2, -0.15) is 0 Å². The van der Waals surface area contributed by atoms with Gasteiger partial charge in [-0.15, -0.1) is 11.3 Å². The zero-order chi connectivity index (χ0) is 16.5. The van der Waals surface area contributed by atoms with Gasteiger partial charge in [0.15, 0.2) is 0 Å². The third-order valence-corrected chi connectivity index (χ3v) is 4.50. The number of nitrogens with one attached hydrogen (secondary N) is 2. The lowest BCUT2D eigenvalue weighted by atomic mass is 10.1. The molecule has 1 amide bonds. The van der Waals surface area contributed by atoms with Crippen molar-refractivity contribution in [2.75, 3.05) is 17.7 Å². The van der Waals surface area contributed by atoms with Crippen molar-refractivity contribution in [1.82, 2.24) is 9.97 Å². The summed E-state index contributed by atoms with van der Waals surface area (Å²) in [7, 11) is 1.63. The number of methoxy groups -OCH3 is 1. The van der Waals surface area contributed by atoms with E-state index in [4.69, 9.17) is 4.74 Å². The molecule has 0 atom stereocenters. The van der Waals surface area contributed by atoms with Crippen LogP contribution in [0.15, 0.2) is 41.2 Å². The molecule has 120 valence electrons. The van der Waals surface area contributed by atoms with Gasteiger partial charge in [-0.1, -0.05) is 0 Å². The third kappa shape index (κ3) is 2.69. The first-order valence-electron chi connectivity index (χ1n) is 7.36. The fraction of sp³-hybridized carbons (Fsp3) is 0.118. The van der Waals surface area contributed by atoms with Gasteiger partial charge in [0.2, 0.25) is 11.9 Å². The van der Waals surface area contributed by atoms with E-state index in [1.54, 1.807) is 13.3 Å². The molecule has 0 bridgehead atoms. The van der Waals surface area contributed by atoms with Gasteiger partial charge in [-0.05, 0) is 24.3 Å². The van der Waals surface area contributed by atoms with E-state index in [2.05, 4.69) is 20.6 Å². The summed E-state index contributed by atoms with van der Waals surface area (Å²) in [6.45, 7) is 0. The van der Waals surface area contributed by atoms with E-state index in [-0.39, 0.29) is 12.3 Å². The topological polar surface area (TPSA) is 76.1 Å². The number of hydrogen-bond acceptors (Lipinski definition) is 6. The van der Waals surface area contributed by atoms with Crippen molar-refractivity contribution in [3.05, 3.63) is 46.8 Å². The molecular weight excluding hydrogens is 324 g/mol. The maximum atomic E-state index is 12.0. The van der Waals surface area contributed by atoms with Crippen LogP contribution in [0.25, 0.3) is 11.3 Å². The Hall–Kier alpha value is -2.93. The summed E-state index contributed by atoms with van der Waals surface area (Å²) in [4.78, 5) is 20.9. The van der Waals surface area contributed by atoms with E-state index in [0.29, 0.717) is 5.95 Å². The summed E-state index contributed by atoms with van der Waals surface area (Å²) >= 11 is 1.53. The Morgan fingerprint density at radius 3 is 2.88 bits per heavy atom. The standard InChI is InChI=1S/C17H14N4O2S/c1-23-12-4-2-11(3-5-12)19-17-18-7-10-6-15(22)20-14-9-24-8-13(14)16(10)21-17/h2-5,7-9H,6H2,1H3,(H,20,22)(H,18,19,21). The van der Waals surface area contributed by atoms with Gasteiger partial charge in [0.25, 0.3) is 0 Å². The first kappa shape index (κ1) is 14.6. The molecule has 0 aliphatic carbocycles. The predicted molar refractivity (Wildman–Crippen MR) is 94.0 cm³/mol. The van der Waals surface area contributed by atoms with Crippen molar-refractivity contribution in [2.24, 2.45) is 0 Å². The number of carbonyl (C=O) groups excluding carboxylic acids is 1. The fourth-order valence-electron chi connectivity index (χ4n) is 2.58. The molecule has 0 fully saturated rings. The molecule has 0 saturated carbocycles. The highest BCUT2D eigenvalue weighted by molar-refractivity contribution is 7.08. The number of thiophene rings is 1. The summed E-state index contributed by atoms with van der Waals surface area (Å²) in [5, 5.41) is 9.99. The Kier molecular flexibility index (Phi) is 3.62. The van der Waals surface area contributed by atoms with Gasteiger partial charge in [-0.3, -0.25) is 4.79 Å². The zero-order valence-corrected chi connectivity index (χ0v) is 13.7. The van der Waals surface area contributed by atoms with E-state index in [9.17, 15) is 4.79 Å². The van der Waals surface area contributed by atoms with Crippen LogP contribution in [0.1, 0.15) is 5.56 Å². The summed E-state index contributed by atoms with van der Waals surface area (Å²) in [5.74, 6) is 1.23. The molecular formula is C17H14N4O2S. The van der Waals surface area contributed by atoms with Crippen LogP contribution >= 0.6 is 11.3 Å². The van der Waals surface area contributed by atoms with Crippen LogP contribution in [0.5, 0.6) is 5.75 Å². The number of amides is 1. The van der Waals surface area contributed by atoms with Crippen LogP contribution in [0.2, 0.25) is 0 Å². The number of rotatable bonds is 3. The van der Waals surface area contributed by atoms with Crippen molar-refractivity contribution >= 4 is 34.6 Å². The second-order valence-corrected chi connectivity index (χ2v) is 6.09. The minimum atomic E-state index is -0.0483. The highest BCUT2D eigenvalue weighted by Crippen LogP contribution is 2.35. The van der Waals surface area contributed by atoms with E-state index in [1.165, 1.54) is 11.3 Å². The summed E-state index contributed by atoms with van der Waals surface area (Å²) in [6.07, 6.45) is 1.98. The highest BCUT2D eigenvalue weighted by Gasteiger charge is 2.21. The molecule has 3 aromatic rings. The first-order chi connectivity index (χ1) is 11.7. The zero-order valence-electron chi connectivity index (χ0n) is 12.9. The fourth-order valence-corrected chi connectivity index (χ4v) is 3.34. The molecule has 6 nitrogen and oxygen atoms in total. The van der Waals surface area contributed by atoms with Crippen LogP contribution in [-0.4, -0.2) is 23.0 Å². The normalized spacial score (nSPS) is 12.6. The molecule has 0 saturated heterocycles. The first-order valence-corrected chi connectivity index (χ1v) is 8.30. The van der Waals surface area contributed by atoms with Crippen molar-refractivity contribution in [3.8, 4) is 17.0 Å². The van der Waals surface area contributed by atoms with Crippen molar-refractivity contribution in [3.63, 3.8) is 0 Å². The summed E-state index contributed by atoms with van der Waals surface area (Å²) in [5.41, 5.74) is 4.21. The lowest BCUT2D eigenvalue weighted by Gasteiger charge is -2.09. The summed E-state index contributed by atoms with van der Waals surface area (Å²) in [6, 6.07) is 7.53. The number of hydrogen-bond donors (Lipinski definition) is 2. The van der Waals surface area contributed by atoms with E-state index in [0.717, 1.165) is 33.9 Å². The number of benzene rings is 1.